The molecule has 6 nitrogen and oxygen atoms in total. The predicted octanol–water partition coefficient (Wildman–Crippen LogP) is 4.38. The lowest BCUT2D eigenvalue weighted by molar-refractivity contribution is -0.138. The number of benzene rings is 2. The van der Waals surface area contributed by atoms with E-state index in [2.05, 4.69) is 15.0 Å². The Kier molecular flexibility index (Phi) is 6.25. The molecule has 1 aliphatic heterocycles. The van der Waals surface area contributed by atoms with E-state index in [1.165, 1.54) is 12.1 Å². The van der Waals surface area contributed by atoms with Crippen LogP contribution in [0.25, 0.3) is 11.4 Å². The SMILES string of the molecule is CC(C)(C(=O)N1CCN(Cc2nc(-c3cccc(C(F)(F)F)c3)no2)CC1)c1ccccc1. The molecule has 9 heteroatoms. The fraction of sp³-hybridized carbons (Fsp3) is 0.375. The molecule has 1 saturated heterocycles. The van der Waals surface area contributed by atoms with Gasteiger partial charge in [0.05, 0.1) is 17.5 Å². The summed E-state index contributed by atoms with van der Waals surface area (Å²) < 4.78 is 44.1. The Morgan fingerprint density at radius 1 is 0.970 bits per heavy atom. The minimum Gasteiger partial charge on any atom is -0.339 e. The van der Waals surface area contributed by atoms with Gasteiger partial charge in [0, 0.05) is 31.7 Å². The van der Waals surface area contributed by atoms with Crippen LogP contribution in [0.4, 0.5) is 13.2 Å². The third-order valence-corrected chi connectivity index (χ3v) is 5.96. The van der Waals surface area contributed by atoms with Crippen molar-refractivity contribution in [2.45, 2.75) is 32.0 Å². The first-order chi connectivity index (χ1) is 15.6. The minimum atomic E-state index is -4.44. The van der Waals surface area contributed by atoms with Crippen molar-refractivity contribution in [2.75, 3.05) is 26.2 Å². The van der Waals surface area contributed by atoms with Crippen molar-refractivity contribution in [3.63, 3.8) is 0 Å². The molecule has 2 aromatic carbocycles. The van der Waals surface area contributed by atoms with E-state index in [4.69, 9.17) is 4.52 Å². The van der Waals surface area contributed by atoms with Gasteiger partial charge in [-0.25, -0.2) is 0 Å². The molecular formula is C24H25F3N4O2. The van der Waals surface area contributed by atoms with Crippen molar-refractivity contribution in [1.29, 1.82) is 0 Å². The molecule has 0 unspecified atom stereocenters. The summed E-state index contributed by atoms with van der Waals surface area (Å²) in [5.41, 5.74) is -0.148. The van der Waals surface area contributed by atoms with Crippen molar-refractivity contribution >= 4 is 5.91 Å². The van der Waals surface area contributed by atoms with Crippen molar-refractivity contribution in [3.8, 4) is 11.4 Å². The Bertz CT molecular complexity index is 1100. The normalized spacial score (nSPS) is 15.6. The van der Waals surface area contributed by atoms with Gasteiger partial charge in [0.1, 0.15) is 0 Å². The summed E-state index contributed by atoms with van der Waals surface area (Å²) in [6.07, 6.45) is -4.44. The second-order valence-corrected chi connectivity index (χ2v) is 8.65. The van der Waals surface area contributed by atoms with E-state index in [9.17, 15) is 18.0 Å². The molecule has 174 valence electrons. The third-order valence-electron chi connectivity index (χ3n) is 5.96. The van der Waals surface area contributed by atoms with Crippen LogP contribution in [0.3, 0.4) is 0 Å². The topological polar surface area (TPSA) is 62.5 Å². The lowest BCUT2D eigenvalue weighted by Crippen LogP contribution is -2.52. The number of carbonyl (C=O) groups excluding carboxylic acids is 1. The molecule has 2 heterocycles. The first-order valence-electron chi connectivity index (χ1n) is 10.7. The molecule has 33 heavy (non-hydrogen) atoms. The molecule has 0 N–H and O–H groups in total. The Balaban J connectivity index is 1.36. The molecule has 1 aromatic heterocycles. The van der Waals surface area contributed by atoms with Crippen LogP contribution >= 0.6 is 0 Å². The van der Waals surface area contributed by atoms with Gasteiger partial charge in [0.15, 0.2) is 0 Å². The van der Waals surface area contributed by atoms with Crippen molar-refractivity contribution in [2.24, 2.45) is 0 Å². The number of rotatable bonds is 5. The zero-order chi connectivity index (χ0) is 23.6. The maximum atomic E-state index is 13.1. The van der Waals surface area contributed by atoms with Crippen LogP contribution in [0.2, 0.25) is 0 Å². The number of aromatic nitrogens is 2. The second-order valence-electron chi connectivity index (χ2n) is 8.65. The molecule has 0 aliphatic carbocycles. The molecule has 0 radical (unpaired) electrons. The van der Waals surface area contributed by atoms with E-state index in [1.807, 2.05) is 49.1 Å². The van der Waals surface area contributed by atoms with E-state index in [0.29, 0.717) is 38.6 Å². The Hall–Kier alpha value is -3.20. The number of halogens is 3. The molecule has 0 spiro atoms. The average molecular weight is 458 g/mol. The Morgan fingerprint density at radius 2 is 1.64 bits per heavy atom. The van der Waals surface area contributed by atoms with Gasteiger partial charge in [-0.15, -0.1) is 0 Å². The summed E-state index contributed by atoms with van der Waals surface area (Å²) in [5, 5.41) is 3.84. The molecule has 1 fully saturated rings. The van der Waals surface area contributed by atoms with Crippen LogP contribution in [-0.2, 0) is 22.9 Å². The van der Waals surface area contributed by atoms with Crippen LogP contribution in [0.1, 0.15) is 30.9 Å². The fourth-order valence-electron chi connectivity index (χ4n) is 3.94. The monoisotopic (exact) mass is 458 g/mol. The maximum Gasteiger partial charge on any atom is 0.416 e. The molecule has 4 rings (SSSR count). The molecule has 0 bridgehead atoms. The summed E-state index contributed by atoms with van der Waals surface area (Å²) in [4.78, 5) is 21.3. The van der Waals surface area contributed by atoms with Gasteiger partial charge in [-0.1, -0.05) is 47.6 Å². The van der Waals surface area contributed by atoms with Crippen LogP contribution in [0.5, 0.6) is 0 Å². The van der Waals surface area contributed by atoms with Gasteiger partial charge in [-0.3, -0.25) is 9.69 Å². The van der Waals surface area contributed by atoms with Gasteiger partial charge in [-0.2, -0.15) is 18.2 Å². The predicted molar refractivity (Wildman–Crippen MR) is 116 cm³/mol. The van der Waals surface area contributed by atoms with E-state index in [0.717, 1.165) is 17.7 Å². The smallest absolute Gasteiger partial charge is 0.339 e. The summed E-state index contributed by atoms with van der Waals surface area (Å²) >= 11 is 0. The highest BCUT2D eigenvalue weighted by Gasteiger charge is 2.35. The standard InChI is InChI=1S/C24H25F3N4O2/c1-23(2,18-8-4-3-5-9-18)22(32)31-13-11-30(12-14-31)16-20-28-21(29-33-20)17-7-6-10-19(15-17)24(25,26)27/h3-10,15H,11-14,16H2,1-2H3. The van der Waals surface area contributed by atoms with Crippen molar-refractivity contribution < 1.29 is 22.5 Å². The summed E-state index contributed by atoms with van der Waals surface area (Å²) in [6, 6.07) is 14.6. The zero-order valence-corrected chi connectivity index (χ0v) is 18.5. The number of carbonyl (C=O) groups is 1. The molecule has 1 amide bonds. The second kappa shape index (κ2) is 8.97. The Labute approximate surface area is 190 Å². The number of nitrogens with zero attached hydrogens (tertiary/aromatic N) is 4. The van der Waals surface area contributed by atoms with Crippen LogP contribution in [0, 0.1) is 0 Å². The van der Waals surface area contributed by atoms with Gasteiger partial charge in [0.25, 0.3) is 0 Å². The molecule has 3 aromatic rings. The van der Waals surface area contributed by atoms with Gasteiger partial charge in [0.2, 0.25) is 17.6 Å². The largest absolute Gasteiger partial charge is 0.416 e. The highest BCUT2D eigenvalue weighted by atomic mass is 19.4. The van der Waals surface area contributed by atoms with Crippen LogP contribution in [0.15, 0.2) is 59.1 Å². The van der Waals surface area contributed by atoms with E-state index in [-0.39, 0.29) is 17.3 Å². The zero-order valence-electron chi connectivity index (χ0n) is 18.5. The number of alkyl halides is 3. The first kappa shape index (κ1) is 23.0. The molecule has 0 saturated carbocycles. The average Bonchev–Trinajstić information content (AvgIpc) is 3.28. The lowest BCUT2D eigenvalue weighted by atomic mass is 9.83. The van der Waals surface area contributed by atoms with E-state index < -0.39 is 17.2 Å². The van der Waals surface area contributed by atoms with Crippen molar-refractivity contribution in [1.82, 2.24) is 19.9 Å². The summed E-state index contributed by atoms with van der Waals surface area (Å²) in [6.45, 7) is 6.66. The highest BCUT2D eigenvalue weighted by molar-refractivity contribution is 5.87. The first-order valence-corrected chi connectivity index (χ1v) is 10.7. The quantitative estimate of drug-likeness (QED) is 0.568. The van der Waals surface area contributed by atoms with Crippen LogP contribution < -0.4 is 0 Å². The Morgan fingerprint density at radius 3 is 2.30 bits per heavy atom. The fourth-order valence-corrected chi connectivity index (χ4v) is 3.94. The number of piperazine rings is 1. The molecule has 0 atom stereocenters. The molecule has 1 aliphatic rings. The maximum absolute atomic E-state index is 13.1. The highest BCUT2D eigenvalue weighted by Crippen LogP contribution is 2.31. The third kappa shape index (κ3) is 5.08. The molecular weight excluding hydrogens is 433 g/mol. The number of hydrogen-bond acceptors (Lipinski definition) is 5. The number of hydrogen-bond donors (Lipinski definition) is 0. The lowest BCUT2D eigenvalue weighted by Gasteiger charge is -2.38. The van der Waals surface area contributed by atoms with E-state index in [1.54, 1.807) is 0 Å². The summed E-state index contributed by atoms with van der Waals surface area (Å²) in [7, 11) is 0. The van der Waals surface area contributed by atoms with Gasteiger partial charge in [-0.05, 0) is 31.5 Å². The van der Waals surface area contributed by atoms with Crippen molar-refractivity contribution in [3.05, 3.63) is 71.6 Å². The van der Waals surface area contributed by atoms with E-state index >= 15 is 0 Å². The van der Waals surface area contributed by atoms with Gasteiger partial charge >= 0.3 is 6.18 Å². The number of amides is 1. The van der Waals surface area contributed by atoms with Crippen LogP contribution in [-0.4, -0.2) is 52.0 Å². The minimum absolute atomic E-state index is 0.0815. The summed E-state index contributed by atoms with van der Waals surface area (Å²) in [5.74, 6) is 0.527. The van der Waals surface area contributed by atoms with Gasteiger partial charge < -0.3 is 9.42 Å².